The van der Waals surface area contributed by atoms with Gasteiger partial charge in [-0.05, 0) is 40.3 Å². The number of hydrogen-bond acceptors (Lipinski definition) is 2. The molecule has 0 amide bonds. The van der Waals surface area contributed by atoms with Crippen LogP contribution in [0.4, 0.5) is 5.69 Å². The highest BCUT2D eigenvalue weighted by molar-refractivity contribution is 14.1. The number of β-amino-alcohol motifs (C(OH)–C–C–N with tert-alkyl or cyclic N) is 1. The third kappa shape index (κ3) is 1.99. The van der Waals surface area contributed by atoms with Crippen molar-refractivity contribution < 1.29 is 5.11 Å². The molecule has 2 N–H and O–H groups in total. The molecule has 0 fully saturated rings. The van der Waals surface area contributed by atoms with Crippen molar-refractivity contribution in [2.24, 2.45) is 0 Å². The normalized spacial score (nSPS) is 20.7. The second kappa shape index (κ2) is 3.74. The molecule has 0 spiro atoms. The van der Waals surface area contributed by atoms with Crippen LogP contribution in [-0.4, -0.2) is 17.8 Å². The first-order valence-electron chi connectivity index (χ1n) is 4.06. The van der Waals surface area contributed by atoms with E-state index in [4.69, 9.17) is 0 Å². The van der Waals surface area contributed by atoms with Crippen molar-refractivity contribution in [3.8, 4) is 0 Å². The lowest BCUT2D eigenvalue weighted by molar-refractivity contribution is 0.184. The van der Waals surface area contributed by atoms with E-state index in [1.807, 2.05) is 0 Å². The summed E-state index contributed by atoms with van der Waals surface area (Å²) in [5.41, 5.74) is 2.37. The fraction of sp³-hybridized carbons (Fsp3) is 0.333. The van der Waals surface area contributed by atoms with Crippen molar-refractivity contribution in [1.29, 1.82) is 0 Å². The van der Waals surface area contributed by atoms with Crippen LogP contribution in [0.2, 0.25) is 0 Å². The molecular formula is C9H9BrINO. The number of benzene rings is 1. The maximum atomic E-state index is 9.46. The van der Waals surface area contributed by atoms with Crippen LogP contribution in [0.1, 0.15) is 5.56 Å². The predicted molar refractivity (Wildman–Crippen MR) is 65.1 cm³/mol. The van der Waals surface area contributed by atoms with Gasteiger partial charge in [-0.25, -0.2) is 0 Å². The molecule has 1 aromatic carbocycles. The Hall–Kier alpha value is 0.190. The van der Waals surface area contributed by atoms with Gasteiger partial charge in [0.05, 0.1) is 11.8 Å². The molecule has 2 rings (SSSR count). The zero-order valence-corrected chi connectivity index (χ0v) is 10.6. The largest absolute Gasteiger partial charge is 0.391 e. The summed E-state index contributed by atoms with van der Waals surface area (Å²) in [6, 6.07) is 4.14. The zero-order chi connectivity index (χ0) is 9.42. The van der Waals surface area contributed by atoms with Crippen LogP contribution in [0, 0.1) is 3.57 Å². The van der Waals surface area contributed by atoms with Gasteiger partial charge in [-0.15, -0.1) is 0 Å². The average Bonchev–Trinajstić information content (AvgIpc) is 2.02. The number of hydrogen-bond donors (Lipinski definition) is 2. The van der Waals surface area contributed by atoms with E-state index >= 15 is 0 Å². The molecular weight excluding hydrogens is 345 g/mol. The van der Waals surface area contributed by atoms with Gasteiger partial charge < -0.3 is 10.4 Å². The van der Waals surface area contributed by atoms with E-state index < -0.39 is 0 Å². The van der Waals surface area contributed by atoms with Crippen LogP contribution in [0.3, 0.4) is 0 Å². The molecule has 1 unspecified atom stereocenters. The summed E-state index contributed by atoms with van der Waals surface area (Å²) < 4.78 is 2.28. The minimum absolute atomic E-state index is 0.252. The van der Waals surface area contributed by atoms with E-state index in [-0.39, 0.29) is 6.10 Å². The Morgan fingerprint density at radius 2 is 2.31 bits per heavy atom. The van der Waals surface area contributed by atoms with Gasteiger partial charge in [-0.2, -0.15) is 0 Å². The third-order valence-electron chi connectivity index (χ3n) is 2.11. The van der Waals surface area contributed by atoms with Crippen molar-refractivity contribution >= 4 is 44.2 Å². The molecule has 1 aliphatic heterocycles. The van der Waals surface area contributed by atoms with Crippen molar-refractivity contribution in [3.63, 3.8) is 0 Å². The highest BCUT2D eigenvalue weighted by atomic mass is 127. The van der Waals surface area contributed by atoms with E-state index in [0.29, 0.717) is 6.54 Å². The third-order valence-corrected chi connectivity index (χ3v) is 3.42. The fourth-order valence-corrected chi connectivity index (χ4v) is 3.34. The van der Waals surface area contributed by atoms with Gasteiger partial charge in [0.2, 0.25) is 0 Å². The standard InChI is InChI=1S/C9H9BrINO/c10-6-1-5-2-7(13)4-12-9(5)8(11)3-6/h1,3,7,12-13H,2,4H2. The molecule has 0 radical (unpaired) electrons. The first kappa shape index (κ1) is 9.73. The summed E-state index contributed by atoms with van der Waals surface area (Å²) in [7, 11) is 0. The molecule has 0 bridgehead atoms. The van der Waals surface area contributed by atoms with Crippen molar-refractivity contribution in [1.82, 2.24) is 0 Å². The number of anilines is 1. The Morgan fingerprint density at radius 3 is 3.08 bits per heavy atom. The Balaban J connectivity index is 2.47. The highest BCUT2D eigenvalue weighted by Crippen LogP contribution is 2.30. The molecule has 2 nitrogen and oxygen atoms in total. The molecule has 1 aliphatic rings. The summed E-state index contributed by atoms with van der Waals surface area (Å²) in [4.78, 5) is 0. The first-order valence-corrected chi connectivity index (χ1v) is 5.94. The second-order valence-electron chi connectivity index (χ2n) is 3.16. The summed E-state index contributed by atoms with van der Waals surface area (Å²) in [6.45, 7) is 0.657. The van der Waals surface area contributed by atoms with Gasteiger partial charge in [0.1, 0.15) is 0 Å². The molecule has 1 atom stereocenters. The molecule has 13 heavy (non-hydrogen) atoms. The number of nitrogens with one attached hydrogen (secondary N) is 1. The summed E-state index contributed by atoms with van der Waals surface area (Å²) in [5, 5.41) is 12.7. The predicted octanol–water partition coefficient (Wildman–Crippen LogP) is 2.38. The van der Waals surface area contributed by atoms with Gasteiger partial charge in [0.25, 0.3) is 0 Å². The average molecular weight is 354 g/mol. The molecule has 0 saturated carbocycles. The molecule has 1 aromatic rings. The quantitative estimate of drug-likeness (QED) is 0.702. The van der Waals surface area contributed by atoms with E-state index in [1.54, 1.807) is 0 Å². The Morgan fingerprint density at radius 1 is 1.54 bits per heavy atom. The highest BCUT2D eigenvalue weighted by Gasteiger charge is 2.18. The van der Waals surface area contributed by atoms with Gasteiger partial charge in [0, 0.05) is 21.0 Å². The first-order chi connectivity index (χ1) is 6.16. The lowest BCUT2D eigenvalue weighted by Crippen LogP contribution is -2.28. The summed E-state index contributed by atoms with van der Waals surface area (Å²) in [5.74, 6) is 0. The van der Waals surface area contributed by atoms with Crippen LogP contribution in [0.15, 0.2) is 16.6 Å². The number of rotatable bonds is 0. The Labute approximate surface area is 99.0 Å². The summed E-state index contributed by atoms with van der Waals surface area (Å²) in [6.07, 6.45) is 0.496. The minimum atomic E-state index is -0.252. The number of aliphatic hydroxyl groups is 1. The minimum Gasteiger partial charge on any atom is -0.391 e. The monoisotopic (exact) mass is 353 g/mol. The molecule has 4 heteroatoms. The second-order valence-corrected chi connectivity index (χ2v) is 5.24. The number of fused-ring (bicyclic) bond motifs is 1. The van der Waals surface area contributed by atoms with E-state index in [0.717, 1.165) is 10.9 Å². The molecule has 1 heterocycles. The Bertz CT molecular complexity index is 343. The topological polar surface area (TPSA) is 32.3 Å². The van der Waals surface area contributed by atoms with Gasteiger partial charge >= 0.3 is 0 Å². The lowest BCUT2D eigenvalue weighted by atomic mass is 10.0. The fourth-order valence-electron chi connectivity index (χ4n) is 1.53. The molecule has 70 valence electrons. The number of halogens is 2. The van der Waals surface area contributed by atoms with Crippen LogP contribution in [-0.2, 0) is 6.42 Å². The maximum absolute atomic E-state index is 9.46. The maximum Gasteiger partial charge on any atom is 0.0753 e. The van der Waals surface area contributed by atoms with Gasteiger partial charge in [-0.1, -0.05) is 15.9 Å². The van der Waals surface area contributed by atoms with Crippen molar-refractivity contribution in [3.05, 3.63) is 25.7 Å². The van der Waals surface area contributed by atoms with E-state index in [1.165, 1.54) is 14.8 Å². The summed E-state index contributed by atoms with van der Waals surface area (Å²) >= 11 is 5.75. The molecule has 0 aliphatic carbocycles. The van der Waals surface area contributed by atoms with Gasteiger partial charge in [0.15, 0.2) is 0 Å². The van der Waals surface area contributed by atoms with E-state index in [2.05, 4.69) is 56.0 Å². The number of aliphatic hydroxyl groups excluding tert-OH is 1. The molecule has 0 aromatic heterocycles. The van der Waals surface area contributed by atoms with Crippen LogP contribution >= 0.6 is 38.5 Å². The molecule has 0 saturated heterocycles. The lowest BCUT2D eigenvalue weighted by Gasteiger charge is -2.23. The SMILES string of the molecule is OC1CNc2c(I)cc(Br)cc2C1. The van der Waals surface area contributed by atoms with E-state index in [9.17, 15) is 5.11 Å². The van der Waals surface area contributed by atoms with Crippen molar-refractivity contribution in [2.45, 2.75) is 12.5 Å². The smallest absolute Gasteiger partial charge is 0.0753 e. The van der Waals surface area contributed by atoms with Crippen LogP contribution < -0.4 is 5.32 Å². The van der Waals surface area contributed by atoms with Crippen LogP contribution in [0.5, 0.6) is 0 Å². The van der Waals surface area contributed by atoms with Crippen LogP contribution in [0.25, 0.3) is 0 Å². The Kier molecular flexibility index (Phi) is 2.80. The van der Waals surface area contributed by atoms with Gasteiger partial charge in [-0.3, -0.25) is 0 Å². The zero-order valence-electron chi connectivity index (χ0n) is 6.85. The van der Waals surface area contributed by atoms with Crippen molar-refractivity contribution in [2.75, 3.05) is 11.9 Å².